The number of aryl methyl sites for hydroxylation is 2. The molecule has 29 heavy (non-hydrogen) atoms. The van der Waals surface area contributed by atoms with Gasteiger partial charge in [-0.1, -0.05) is 48.5 Å². The number of benzene rings is 2. The van der Waals surface area contributed by atoms with Gasteiger partial charge in [-0.05, 0) is 56.3 Å². The monoisotopic (exact) mass is 394 g/mol. The number of rotatable bonds is 7. The van der Waals surface area contributed by atoms with Crippen LogP contribution in [-0.4, -0.2) is 59.5 Å². The van der Waals surface area contributed by atoms with Crippen molar-refractivity contribution in [2.75, 3.05) is 26.7 Å². The zero-order valence-corrected chi connectivity index (χ0v) is 17.1. The Balaban J connectivity index is 1.65. The molecule has 1 unspecified atom stereocenters. The number of nitrogens with zero attached hydrogens (tertiary/aromatic N) is 2. The summed E-state index contributed by atoms with van der Waals surface area (Å²) in [5.41, 5.74) is 3.15. The molecule has 3 rings (SSSR count). The SMILES string of the molecule is CN(CC(=O)O)C1CCCN(C(=O)c2ccccc2CCc2ccccc2)CC1. The predicted octanol–water partition coefficient (Wildman–Crippen LogP) is 3.48. The molecule has 2 aromatic carbocycles. The lowest BCUT2D eigenvalue weighted by atomic mass is 9.99. The Kier molecular flexibility index (Phi) is 7.42. The van der Waals surface area contributed by atoms with E-state index >= 15 is 0 Å². The molecule has 1 heterocycles. The average Bonchev–Trinajstić information content (AvgIpc) is 2.99. The molecular formula is C24H30N2O3. The van der Waals surface area contributed by atoms with Gasteiger partial charge in [0, 0.05) is 24.7 Å². The number of hydrogen-bond donors (Lipinski definition) is 1. The number of carboxylic acid groups (broad SMARTS) is 1. The summed E-state index contributed by atoms with van der Waals surface area (Å²) < 4.78 is 0. The lowest BCUT2D eigenvalue weighted by Crippen LogP contribution is -2.37. The summed E-state index contributed by atoms with van der Waals surface area (Å²) in [7, 11) is 1.86. The van der Waals surface area contributed by atoms with Gasteiger partial charge in [-0.25, -0.2) is 0 Å². The molecule has 154 valence electrons. The largest absolute Gasteiger partial charge is 0.480 e. The van der Waals surface area contributed by atoms with Gasteiger partial charge >= 0.3 is 5.97 Å². The van der Waals surface area contributed by atoms with Gasteiger partial charge in [-0.3, -0.25) is 14.5 Å². The van der Waals surface area contributed by atoms with Gasteiger partial charge < -0.3 is 10.0 Å². The maximum absolute atomic E-state index is 13.3. The highest BCUT2D eigenvalue weighted by molar-refractivity contribution is 5.95. The molecule has 1 aliphatic heterocycles. The summed E-state index contributed by atoms with van der Waals surface area (Å²) in [6.45, 7) is 1.44. The van der Waals surface area contributed by atoms with Crippen LogP contribution in [0, 0.1) is 0 Å². The second kappa shape index (κ2) is 10.2. The fraction of sp³-hybridized carbons (Fsp3) is 0.417. The van der Waals surface area contributed by atoms with Crippen LogP contribution in [-0.2, 0) is 17.6 Å². The van der Waals surface area contributed by atoms with Gasteiger partial charge in [-0.15, -0.1) is 0 Å². The first-order valence-electron chi connectivity index (χ1n) is 10.4. The average molecular weight is 395 g/mol. The Morgan fingerprint density at radius 1 is 1.00 bits per heavy atom. The van der Waals surface area contributed by atoms with Gasteiger partial charge in [0.15, 0.2) is 0 Å². The molecule has 1 aliphatic rings. The highest BCUT2D eigenvalue weighted by Crippen LogP contribution is 2.20. The first kappa shape index (κ1) is 21.1. The smallest absolute Gasteiger partial charge is 0.317 e. The maximum Gasteiger partial charge on any atom is 0.317 e. The van der Waals surface area contributed by atoms with Crippen LogP contribution < -0.4 is 0 Å². The molecule has 2 aromatic rings. The number of likely N-dealkylation sites (tertiary alicyclic amines) is 1. The van der Waals surface area contributed by atoms with Gasteiger partial charge in [0.2, 0.25) is 0 Å². The van der Waals surface area contributed by atoms with Crippen molar-refractivity contribution in [2.24, 2.45) is 0 Å². The molecule has 1 amide bonds. The summed E-state index contributed by atoms with van der Waals surface area (Å²) in [6.07, 6.45) is 4.37. The molecule has 0 aliphatic carbocycles. The van der Waals surface area contributed by atoms with Crippen molar-refractivity contribution in [3.8, 4) is 0 Å². The lowest BCUT2D eigenvalue weighted by molar-refractivity contribution is -0.138. The van der Waals surface area contributed by atoms with Crippen LogP contribution in [0.25, 0.3) is 0 Å². The number of carbonyl (C=O) groups excluding carboxylic acids is 1. The van der Waals surface area contributed by atoms with Gasteiger partial charge in [0.25, 0.3) is 5.91 Å². The number of aliphatic carboxylic acids is 1. The maximum atomic E-state index is 13.3. The quantitative estimate of drug-likeness (QED) is 0.781. The van der Waals surface area contributed by atoms with Crippen LogP contribution in [0.3, 0.4) is 0 Å². The van der Waals surface area contributed by atoms with E-state index in [1.54, 1.807) is 0 Å². The third kappa shape index (κ3) is 5.91. The number of amides is 1. The normalized spacial score (nSPS) is 17.2. The molecule has 0 saturated carbocycles. The van der Waals surface area contributed by atoms with Gasteiger partial charge in [0.05, 0.1) is 6.54 Å². The lowest BCUT2D eigenvalue weighted by Gasteiger charge is -2.26. The summed E-state index contributed by atoms with van der Waals surface area (Å²) in [5, 5.41) is 9.03. The third-order valence-electron chi connectivity index (χ3n) is 5.77. The first-order valence-corrected chi connectivity index (χ1v) is 10.4. The standard InChI is InChI=1S/C24H30N2O3/c1-25(18-23(27)28)21-11-7-16-26(17-15-21)24(29)22-12-6-5-10-20(22)14-13-19-8-3-2-4-9-19/h2-6,8-10,12,21H,7,11,13-18H2,1H3,(H,27,28). The van der Waals surface area contributed by atoms with Gasteiger partial charge in [-0.2, -0.15) is 0 Å². The topological polar surface area (TPSA) is 60.9 Å². The van der Waals surface area contributed by atoms with Crippen molar-refractivity contribution < 1.29 is 14.7 Å². The van der Waals surface area contributed by atoms with E-state index in [9.17, 15) is 9.59 Å². The van der Waals surface area contributed by atoms with Crippen molar-refractivity contribution in [3.63, 3.8) is 0 Å². The molecule has 5 nitrogen and oxygen atoms in total. The minimum absolute atomic E-state index is 0.0426. The first-order chi connectivity index (χ1) is 14.0. The highest BCUT2D eigenvalue weighted by atomic mass is 16.4. The van der Waals surface area contributed by atoms with E-state index in [2.05, 4.69) is 18.2 Å². The third-order valence-corrected chi connectivity index (χ3v) is 5.77. The molecule has 1 atom stereocenters. The number of carbonyl (C=O) groups is 2. The Labute approximate surface area is 172 Å². The molecule has 0 bridgehead atoms. The zero-order chi connectivity index (χ0) is 20.6. The molecular weight excluding hydrogens is 364 g/mol. The van der Waals surface area contributed by atoms with E-state index in [1.807, 2.05) is 53.2 Å². The zero-order valence-electron chi connectivity index (χ0n) is 17.1. The minimum Gasteiger partial charge on any atom is -0.480 e. The predicted molar refractivity (Wildman–Crippen MR) is 114 cm³/mol. The summed E-state index contributed by atoms with van der Waals surface area (Å²) in [5.74, 6) is -0.716. The summed E-state index contributed by atoms with van der Waals surface area (Å²) in [4.78, 5) is 28.1. The Hall–Kier alpha value is -2.66. The minimum atomic E-state index is -0.808. The Morgan fingerprint density at radius 3 is 2.48 bits per heavy atom. The van der Waals surface area contributed by atoms with Crippen LogP contribution in [0.4, 0.5) is 0 Å². The number of likely N-dealkylation sites (N-methyl/N-ethyl adjacent to an activating group) is 1. The Bertz CT molecular complexity index is 822. The van der Waals surface area contributed by atoms with Crippen LogP contribution in [0.2, 0.25) is 0 Å². The van der Waals surface area contributed by atoms with E-state index in [0.717, 1.165) is 49.8 Å². The Morgan fingerprint density at radius 2 is 1.72 bits per heavy atom. The fourth-order valence-corrected chi connectivity index (χ4v) is 4.11. The molecule has 1 N–H and O–H groups in total. The fourth-order valence-electron chi connectivity index (χ4n) is 4.11. The van der Waals surface area contributed by atoms with Crippen molar-refractivity contribution in [1.29, 1.82) is 0 Å². The van der Waals surface area contributed by atoms with E-state index in [1.165, 1.54) is 5.56 Å². The second-order valence-electron chi connectivity index (χ2n) is 7.83. The molecule has 0 aromatic heterocycles. The van der Waals surface area contributed by atoms with E-state index < -0.39 is 5.97 Å². The van der Waals surface area contributed by atoms with Crippen LogP contribution in [0.5, 0.6) is 0 Å². The molecule has 0 spiro atoms. The summed E-state index contributed by atoms with van der Waals surface area (Å²) in [6, 6.07) is 18.5. The molecule has 1 saturated heterocycles. The van der Waals surface area contributed by atoms with E-state index in [4.69, 9.17) is 5.11 Å². The second-order valence-corrected chi connectivity index (χ2v) is 7.83. The molecule has 1 fully saturated rings. The van der Waals surface area contributed by atoms with Crippen molar-refractivity contribution in [3.05, 3.63) is 71.3 Å². The van der Waals surface area contributed by atoms with E-state index in [0.29, 0.717) is 6.54 Å². The highest BCUT2D eigenvalue weighted by Gasteiger charge is 2.25. The van der Waals surface area contributed by atoms with Crippen molar-refractivity contribution in [1.82, 2.24) is 9.80 Å². The van der Waals surface area contributed by atoms with Gasteiger partial charge in [0.1, 0.15) is 0 Å². The number of hydrogen-bond acceptors (Lipinski definition) is 3. The van der Waals surface area contributed by atoms with Crippen LogP contribution in [0.15, 0.2) is 54.6 Å². The van der Waals surface area contributed by atoms with E-state index in [-0.39, 0.29) is 18.5 Å². The van der Waals surface area contributed by atoms with Crippen molar-refractivity contribution >= 4 is 11.9 Å². The van der Waals surface area contributed by atoms with Crippen LogP contribution >= 0.6 is 0 Å². The summed E-state index contributed by atoms with van der Waals surface area (Å²) >= 11 is 0. The van der Waals surface area contributed by atoms with Crippen molar-refractivity contribution in [2.45, 2.75) is 38.1 Å². The van der Waals surface area contributed by atoms with Crippen LogP contribution in [0.1, 0.15) is 40.7 Å². The molecule has 0 radical (unpaired) electrons. The number of carboxylic acids is 1. The molecule has 5 heteroatoms.